The monoisotopic (exact) mass is 386 g/mol. The molecule has 9 heteroatoms. The fourth-order valence-electron chi connectivity index (χ4n) is 3.47. The summed E-state index contributed by atoms with van der Waals surface area (Å²) in [5.41, 5.74) is 1.95. The Balaban J connectivity index is 1.74. The van der Waals surface area contributed by atoms with Crippen molar-refractivity contribution < 1.29 is 14.6 Å². The number of nitrogens with zero attached hydrogens (tertiary/aromatic N) is 4. The number of aliphatic hydroxyl groups is 2. The minimum atomic E-state index is -1.13. The van der Waals surface area contributed by atoms with Crippen LogP contribution in [0.5, 0.6) is 0 Å². The summed E-state index contributed by atoms with van der Waals surface area (Å²) in [7, 11) is 0. The number of halogens is 1. The lowest BCUT2D eigenvalue weighted by molar-refractivity contribution is 0.0755. The summed E-state index contributed by atoms with van der Waals surface area (Å²) in [5.74, 6) is 0.485. The Labute approximate surface area is 161 Å². The lowest BCUT2D eigenvalue weighted by Gasteiger charge is -2.21. The van der Waals surface area contributed by atoms with Gasteiger partial charge < -0.3 is 20.8 Å². The molecule has 0 aliphatic carbocycles. The first-order valence-electron chi connectivity index (χ1n) is 9.14. The Hall–Kier alpha value is -2.62. The van der Waals surface area contributed by atoms with Gasteiger partial charge in [0.25, 0.3) is 0 Å². The van der Waals surface area contributed by atoms with E-state index in [0.29, 0.717) is 47.1 Å². The second-order valence-electron chi connectivity index (χ2n) is 7.52. The van der Waals surface area contributed by atoms with Crippen molar-refractivity contribution in [3.05, 3.63) is 42.0 Å². The zero-order valence-corrected chi connectivity index (χ0v) is 15.7. The zero-order valence-electron chi connectivity index (χ0n) is 15.7. The van der Waals surface area contributed by atoms with Gasteiger partial charge in [0.1, 0.15) is 23.3 Å². The van der Waals surface area contributed by atoms with Gasteiger partial charge in [0.05, 0.1) is 42.5 Å². The highest BCUT2D eigenvalue weighted by molar-refractivity contribution is 5.62. The molecule has 8 nitrogen and oxygen atoms in total. The Morgan fingerprint density at radius 1 is 1.32 bits per heavy atom. The van der Waals surface area contributed by atoms with Crippen molar-refractivity contribution in [2.75, 3.05) is 18.4 Å². The van der Waals surface area contributed by atoms with Crippen molar-refractivity contribution in [1.29, 1.82) is 0 Å². The molecule has 1 saturated heterocycles. The maximum atomic E-state index is 13.9. The number of hydrogen-bond acceptors (Lipinski definition) is 7. The number of nitrogens with one attached hydrogen (secondary N) is 2. The molecule has 0 radical (unpaired) electrons. The Morgan fingerprint density at radius 3 is 2.82 bits per heavy atom. The van der Waals surface area contributed by atoms with Gasteiger partial charge in [0.15, 0.2) is 0 Å². The molecule has 4 N–H and O–H groups in total. The van der Waals surface area contributed by atoms with Gasteiger partial charge in [-0.2, -0.15) is 0 Å². The van der Waals surface area contributed by atoms with E-state index >= 15 is 0 Å². The highest BCUT2D eigenvalue weighted by Gasteiger charge is 2.27. The van der Waals surface area contributed by atoms with Crippen LogP contribution < -0.4 is 10.6 Å². The van der Waals surface area contributed by atoms with E-state index in [1.165, 1.54) is 0 Å². The largest absolute Gasteiger partial charge is 0.392 e. The quantitative estimate of drug-likeness (QED) is 0.522. The number of aromatic nitrogens is 4. The average molecular weight is 386 g/mol. The summed E-state index contributed by atoms with van der Waals surface area (Å²) in [6.45, 7) is 3.98. The molecule has 28 heavy (non-hydrogen) atoms. The van der Waals surface area contributed by atoms with Gasteiger partial charge in [-0.3, -0.25) is 9.38 Å². The summed E-state index contributed by atoms with van der Waals surface area (Å²) in [6, 6.07) is 1.39. The van der Waals surface area contributed by atoms with Gasteiger partial charge in [0, 0.05) is 24.8 Å². The van der Waals surface area contributed by atoms with Crippen molar-refractivity contribution in [2.24, 2.45) is 0 Å². The summed E-state index contributed by atoms with van der Waals surface area (Å²) < 4.78 is 15.7. The van der Waals surface area contributed by atoms with E-state index in [1.54, 1.807) is 49.1 Å². The van der Waals surface area contributed by atoms with E-state index in [0.717, 1.165) is 0 Å². The van der Waals surface area contributed by atoms with Gasteiger partial charge in [-0.1, -0.05) is 0 Å². The minimum absolute atomic E-state index is 0.197. The van der Waals surface area contributed by atoms with E-state index in [9.17, 15) is 14.6 Å². The van der Waals surface area contributed by atoms with Crippen LogP contribution in [0.25, 0.3) is 17.0 Å². The lowest BCUT2D eigenvalue weighted by atomic mass is 9.95. The van der Waals surface area contributed by atoms with Crippen LogP contribution in [0.3, 0.4) is 0 Å². The highest BCUT2D eigenvalue weighted by atomic mass is 19.1. The third-order valence-electron chi connectivity index (χ3n) is 4.93. The van der Waals surface area contributed by atoms with Crippen LogP contribution in [-0.2, 0) is 12.2 Å². The first-order chi connectivity index (χ1) is 13.4. The van der Waals surface area contributed by atoms with Gasteiger partial charge in [-0.15, -0.1) is 0 Å². The van der Waals surface area contributed by atoms with E-state index in [1.807, 2.05) is 0 Å². The summed E-state index contributed by atoms with van der Waals surface area (Å²) >= 11 is 0. The van der Waals surface area contributed by atoms with Crippen molar-refractivity contribution >= 4 is 11.5 Å². The Kier molecular flexibility index (Phi) is 4.74. The normalized spacial score (nSPS) is 20.0. The van der Waals surface area contributed by atoms with Crippen LogP contribution >= 0.6 is 0 Å². The predicted octanol–water partition coefficient (Wildman–Crippen LogP) is 1.23. The molecule has 148 valence electrons. The first kappa shape index (κ1) is 18.7. The summed E-state index contributed by atoms with van der Waals surface area (Å²) in [5, 5.41) is 26.2. The maximum absolute atomic E-state index is 13.9. The minimum Gasteiger partial charge on any atom is -0.392 e. The first-order valence-corrected chi connectivity index (χ1v) is 9.14. The molecule has 0 saturated carbocycles. The van der Waals surface area contributed by atoms with Gasteiger partial charge in [0.2, 0.25) is 0 Å². The highest BCUT2D eigenvalue weighted by Crippen LogP contribution is 2.28. The molecule has 0 bridgehead atoms. The Bertz CT molecular complexity index is 1000. The SMILES string of the molecule is CC(C)(O)c1cn2c(-c3cncc(N[C@H]4CNC[C@@H]4F)n3)cnc2cc1CO. The van der Waals surface area contributed by atoms with Crippen molar-refractivity contribution in [1.82, 2.24) is 24.7 Å². The van der Waals surface area contributed by atoms with Gasteiger partial charge in [-0.05, 0) is 25.5 Å². The molecule has 1 aliphatic heterocycles. The van der Waals surface area contributed by atoms with Crippen molar-refractivity contribution in [2.45, 2.75) is 38.3 Å². The number of alkyl halides is 1. The third-order valence-corrected chi connectivity index (χ3v) is 4.93. The summed E-state index contributed by atoms with van der Waals surface area (Å²) in [6.07, 6.45) is 5.60. The molecule has 0 spiro atoms. The Morgan fingerprint density at radius 2 is 2.14 bits per heavy atom. The molecule has 1 fully saturated rings. The molecule has 2 atom stereocenters. The fourth-order valence-corrected chi connectivity index (χ4v) is 3.47. The predicted molar refractivity (Wildman–Crippen MR) is 103 cm³/mol. The third kappa shape index (κ3) is 3.44. The smallest absolute Gasteiger partial charge is 0.145 e. The van der Waals surface area contributed by atoms with Crippen molar-refractivity contribution in [3.8, 4) is 11.4 Å². The number of hydrogen-bond donors (Lipinski definition) is 4. The number of imidazole rings is 1. The fraction of sp³-hybridized carbons (Fsp3) is 0.421. The standard InChI is InChI=1S/C19H23FN6O2/c1-19(2,28)12-9-26-16(7-23-18(26)3-11(12)10-27)15-6-22-8-17(25-15)24-14-5-21-4-13(14)20/h3,6-9,13-14,21,27-28H,4-5,10H2,1-2H3,(H,24,25)/t13-,14-/m0/s1. The molecule has 0 aromatic carbocycles. The molecule has 1 aliphatic rings. The molecule has 0 unspecified atom stereocenters. The molecule has 0 amide bonds. The van der Waals surface area contributed by atoms with E-state index < -0.39 is 11.8 Å². The van der Waals surface area contributed by atoms with Crippen LogP contribution in [0.2, 0.25) is 0 Å². The number of fused-ring (bicyclic) bond motifs is 1. The second-order valence-corrected chi connectivity index (χ2v) is 7.52. The number of aliphatic hydroxyl groups excluding tert-OH is 1. The van der Waals surface area contributed by atoms with Crippen LogP contribution in [0, 0.1) is 0 Å². The molecule has 3 aromatic heterocycles. The molecule has 4 rings (SSSR count). The number of anilines is 1. The van der Waals surface area contributed by atoms with Crippen LogP contribution in [0.15, 0.2) is 30.9 Å². The van der Waals surface area contributed by atoms with Crippen LogP contribution in [-0.4, -0.2) is 54.9 Å². The molecular formula is C19H23FN6O2. The van der Waals surface area contributed by atoms with Crippen molar-refractivity contribution in [3.63, 3.8) is 0 Å². The average Bonchev–Trinajstić information content (AvgIpc) is 3.26. The van der Waals surface area contributed by atoms with E-state index in [2.05, 4.69) is 25.6 Å². The zero-order chi connectivity index (χ0) is 19.9. The number of rotatable bonds is 5. The van der Waals surface area contributed by atoms with E-state index in [-0.39, 0.29) is 12.6 Å². The lowest BCUT2D eigenvalue weighted by Crippen LogP contribution is -2.29. The van der Waals surface area contributed by atoms with E-state index in [4.69, 9.17) is 0 Å². The second kappa shape index (κ2) is 7.08. The van der Waals surface area contributed by atoms with Crippen LogP contribution in [0.4, 0.5) is 10.2 Å². The molecule has 3 aromatic rings. The topological polar surface area (TPSA) is 108 Å². The molecular weight excluding hydrogens is 363 g/mol. The van der Waals surface area contributed by atoms with Crippen LogP contribution in [0.1, 0.15) is 25.0 Å². The van der Waals surface area contributed by atoms with Gasteiger partial charge >= 0.3 is 0 Å². The molecule has 4 heterocycles. The summed E-state index contributed by atoms with van der Waals surface area (Å²) in [4.78, 5) is 13.2. The number of pyridine rings is 1. The maximum Gasteiger partial charge on any atom is 0.145 e. The van der Waals surface area contributed by atoms with Gasteiger partial charge in [-0.25, -0.2) is 14.4 Å².